The van der Waals surface area contributed by atoms with E-state index in [0.29, 0.717) is 42.9 Å². The zero-order valence-corrected chi connectivity index (χ0v) is 31.2. The molecule has 5 atom stereocenters. The maximum atomic E-state index is 17.2. The van der Waals surface area contributed by atoms with Crippen molar-refractivity contribution in [3.8, 4) is 28.9 Å². The number of pyridine rings is 1. The van der Waals surface area contributed by atoms with Gasteiger partial charge in [-0.05, 0) is 109 Å². The molecule has 0 radical (unpaired) electrons. The quantitative estimate of drug-likeness (QED) is 0.198. The Kier molecular flexibility index (Phi) is 9.60. The molecular formula is C41H51F2N5O5. The number of phenolic OH excluding ortho intramolecular Hbond substituents is 1. The van der Waals surface area contributed by atoms with Crippen molar-refractivity contribution in [3.63, 3.8) is 0 Å². The highest BCUT2D eigenvalue weighted by molar-refractivity contribution is 6.02. The summed E-state index contributed by atoms with van der Waals surface area (Å²) in [6, 6.07) is 8.08. The molecule has 5 unspecified atom stereocenters. The number of hydrogen-bond acceptors (Lipinski definition) is 10. The van der Waals surface area contributed by atoms with Crippen LogP contribution in [0.2, 0.25) is 0 Å². The van der Waals surface area contributed by atoms with Crippen LogP contribution in [0, 0.1) is 17.0 Å². The van der Waals surface area contributed by atoms with Crippen molar-refractivity contribution in [3.05, 3.63) is 42.0 Å². The van der Waals surface area contributed by atoms with Gasteiger partial charge in [-0.3, -0.25) is 4.90 Å². The molecule has 1 aliphatic carbocycles. The molecule has 0 bridgehead atoms. The van der Waals surface area contributed by atoms with Crippen LogP contribution in [0.5, 0.6) is 17.6 Å². The normalized spacial score (nSPS) is 29.7. The molecule has 8 rings (SSSR count). The summed E-state index contributed by atoms with van der Waals surface area (Å²) in [7, 11) is 1.44. The summed E-state index contributed by atoms with van der Waals surface area (Å²) in [5.74, 6) is -1.13. The van der Waals surface area contributed by atoms with Gasteiger partial charge in [0.05, 0.1) is 31.5 Å². The molecule has 4 fully saturated rings. The number of aromatic hydroxyl groups is 1. The van der Waals surface area contributed by atoms with Crippen molar-refractivity contribution in [2.75, 3.05) is 38.3 Å². The van der Waals surface area contributed by atoms with Gasteiger partial charge in [-0.25, -0.2) is 13.8 Å². The number of aromatic nitrogens is 3. The maximum Gasteiger partial charge on any atom is 0.319 e. The average Bonchev–Trinajstić information content (AvgIpc) is 3.47. The van der Waals surface area contributed by atoms with Gasteiger partial charge in [0.25, 0.3) is 0 Å². The van der Waals surface area contributed by atoms with Crippen molar-refractivity contribution in [2.24, 2.45) is 5.41 Å². The van der Waals surface area contributed by atoms with Crippen LogP contribution in [0.4, 0.5) is 14.6 Å². The highest BCUT2D eigenvalue weighted by Gasteiger charge is 2.51. The first-order valence-corrected chi connectivity index (χ1v) is 19.3. The Morgan fingerprint density at radius 1 is 0.962 bits per heavy atom. The minimum absolute atomic E-state index is 0.0342. The Morgan fingerprint density at radius 2 is 1.75 bits per heavy atom. The third kappa shape index (κ3) is 6.76. The van der Waals surface area contributed by atoms with E-state index >= 15 is 8.78 Å². The Labute approximate surface area is 309 Å². The van der Waals surface area contributed by atoms with E-state index in [1.54, 1.807) is 13.0 Å². The molecule has 3 saturated heterocycles. The van der Waals surface area contributed by atoms with Gasteiger partial charge in [-0.1, -0.05) is 18.6 Å². The first kappa shape index (κ1) is 36.1. The molecule has 10 nitrogen and oxygen atoms in total. The molecule has 2 aromatic heterocycles. The van der Waals surface area contributed by atoms with Gasteiger partial charge in [0.2, 0.25) is 5.88 Å². The molecule has 284 valence electrons. The van der Waals surface area contributed by atoms with Crippen LogP contribution in [-0.4, -0.2) is 93.3 Å². The summed E-state index contributed by atoms with van der Waals surface area (Å²) in [5, 5.41) is 22.7. The van der Waals surface area contributed by atoms with Crippen LogP contribution in [0.3, 0.4) is 0 Å². The number of rotatable bonds is 7. The highest BCUT2D eigenvalue weighted by Crippen LogP contribution is 2.50. The van der Waals surface area contributed by atoms with Crippen LogP contribution in [0.25, 0.3) is 32.9 Å². The molecule has 3 aliphatic heterocycles. The molecule has 53 heavy (non-hydrogen) atoms. The molecule has 1 saturated carbocycles. The van der Waals surface area contributed by atoms with Crippen molar-refractivity contribution in [1.29, 1.82) is 0 Å². The second-order valence-electron chi connectivity index (χ2n) is 16.3. The number of aliphatic hydroxyl groups is 1. The van der Waals surface area contributed by atoms with Gasteiger partial charge in [-0.15, -0.1) is 0 Å². The monoisotopic (exact) mass is 731 g/mol. The van der Waals surface area contributed by atoms with Gasteiger partial charge >= 0.3 is 6.01 Å². The Bertz CT molecular complexity index is 2000. The van der Waals surface area contributed by atoms with E-state index in [0.717, 1.165) is 64.3 Å². The number of methoxy groups -OCH3 is 1. The number of anilines is 1. The van der Waals surface area contributed by atoms with Gasteiger partial charge < -0.3 is 29.3 Å². The van der Waals surface area contributed by atoms with Gasteiger partial charge in [0.1, 0.15) is 34.0 Å². The fourth-order valence-corrected chi connectivity index (χ4v) is 10.1. The largest absolute Gasteiger partial charge is 0.508 e. The third-order valence-electron chi connectivity index (χ3n) is 12.3. The van der Waals surface area contributed by atoms with Gasteiger partial charge in [0.15, 0.2) is 5.82 Å². The second kappa shape index (κ2) is 14.1. The topological polar surface area (TPSA) is 113 Å². The zero-order valence-electron chi connectivity index (χ0n) is 31.2. The molecule has 12 heteroatoms. The van der Waals surface area contributed by atoms with Crippen LogP contribution < -0.4 is 14.4 Å². The second-order valence-corrected chi connectivity index (χ2v) is 16.3. The third-order valence-corrected chi connectivity index (χ3v) is 12.3. The molecule has 5 heterocycles. The molecular weight excluding hydrogens is 680 g/mol. The van der Waals surface area contributed by atoms with Crippen molar-refractivity contribution >= 4 is 27.5 Å². The first-order valence-electron chi connectivity index (χ1n) is 19.3. The summed E-state index contributed by atoms with van der Waals surface area (Å²) in [6.07, 6.45) is 10.1. The van der Waals surface area contributed by atoms with Crippen molar-refractivity contribution in [2.45, 2.75) is 115 Å². The first-order chi connectivity index (χ1) is 25.4. The fraction of sp³-hybridized carbons (Fsp3) is 0.585. The predicted molar refractivity (Wildman–Crippen MR) is 200 cm³/mol. The summed E-state index contributed by atoms with van der Waals surface area (Å²) >= 11 is 0. The van der Waals surface area contributed by atoms with E-state index in [1.165, 1.54) is 31.4 Å². The molecule has 4 aliphatic rings. The number of ether oxygens (including phenoxy) is 3. The van der Waals surface area contributed by atoms with E-state index in [1.807, 2.05) is 4.90 Å². The van der Waals surface area contributed by atoms with Crippen molar-refractivity contribution in [1.82, 2.24) is 19.9 Å². The van der Waals surface area contributed by atoms with Gasteiger partial charge in [-0.2, -0.15) is 9.97 Å². The van der Waals surface area contributed by atoms with Crippen LogP contribution in [0.15, 0.2) is 30.3 Å². The number of hydrogen-bond donors (Lipinski definition) is 2. The van der Waals surface area contributed by atoms with E-state index in [2.05, 4.69) is 23.7 Å². The summed E-state index contributed by atoms with van der Waals surface area (Å²) < 4.78 is 51.1. The molecule has 0 amide bonds. The van der Waals surface area contributed by atoms with Crippen LogP contribution in [0.1, 0.15) is 85.0 Å². The molecule has 0 spiro atoms. The SMILES string of the molecule is COc1nc(-c2cc(O)cc3cccc(F)c23)c(F)c2nc(OCC34CCCC3N(C3CC(C)OC(C)C3)CCC4)nc(N3CCCCC(C)(O)C3)c12. The Hall–Kier alpha value is -3.87. The Morgan fingerprint density at radius 3 is 2.55 bits per heavy atom. The summed E-state index contributed by atoms with van der Waals surface area (Å²) in [5.41, 5.74) is -1.32. The molecule has 2 N–H and O–H groups in total. The average molecular weight is 732 g/mol. The van der Waals surface area contributed by atoms with E-state index in [9.17, 15) is 10.2 Å². The zero-order chi connectivity index (χ0) is 37.1. The van der Waals surface area contributed by atoms with E-state index < -0.39 is 17.2 Å². The number of nitrogens with zero attached hydrogens (tertiary/aromatic N) is 5. The van der Waals surface area contributed by atoms with Crippen molar-refractivity contribution < 1.29 is 33.2 Å². The number of β-amino-alcohol motifs (C(OH)–C–C–N with tert-alkyl or cyclic N) is 1. The fourth-order valence-electron chi connectivity index (χ4n) is 10.1. The lowest BCUT2D eigenvalue weighted by atomic mass is 9.74. The maximum absolute atomic E-state index is 17.2. The number of piperidine rings is 1. The van der Waals surface area contributed by atoms with Crippen LogP contribution >= 0.6 is 0 Å². The van der Waals surface area contributed by atoms with E-state index in [-0.39, 0.29) is 69.4 Å². The minimum Gasteiger partial charge on any atom is -0.508 e. The van der Waals surface area contributed by atoms with Crippen LogP contribution in [-0.2, 0) is 4.74 Å². The number of fused-ring (bicyclic) bond motifs is 3. The lowest BCUT2D eigenvalue weighted by Crippen LogP contribution is -2.57. The summed E-state index contributed by atoms with van der Waals surface area (Å²) in [6.45, 7) is 8.43. The lowest BCUT2D eigenvalue weighted by molar-refractivity contribution is -0.0967. The number of phenols is 1. The van der Waals surface area contributed by atoms with E-state index in [4.69, 9.17) is 24.2 Å². The molecule has 4 aromatic rings. The lowest BCUT2D eigenvalue weighted by Gasteiger charge is -2.51. The summed E-state index contributed by atoms with van der Waals surface area (Å²) in [4.78, 5) is 18.9. The highest BCUT2D eigenvalue weighted by atomic mass is 19.1. The number of benzene rings is 2. The smallest absolute Gasteiger partial charge is 0.319 e. The van der Waals surface area contributed by atoms with Gasteiger partial charge in [0, 0.05) is 41.5 Å². The predicted octanol–water partition coefficient (Wildman–Crippen LogP) is 7.55. The Balaban J connectivity index is 1.23. The molecule has 2 aromatic carbocycles. The minimum atomic E-state index is -1.01. The number of likely N-dealkylation sites (tertiary alicyclic amines) is 1. The standard InChI is InChI=1S/C41H51F2N5O5/c1-24-18-27(19-25(2)53-24)48-17-9-15-41(14-8-12-31(41)48)23-52-39-45-36-33(37(46-39)47-16-6-5-13-40(3,50)22-47)38(51-4)44-35(34(36)43)29-21-28(49)20-26-10-7-11-30(42)32(26)29/h7,10-11,20-21,24-25,27,31,49-50H,5-6,8-9,12-19,22-23H2,1-4H3. The number of halogens is 2.